The molecule has 0 aromatic heterocycles. The van der Waals surface area contributed by atoms with Crippen LogP contribution in [0.25, 0.3) is 0 Å². The highest BCUT2D eigenvalue weighted by Crippen LogP contribution is 2.12. The number of hydrogen-bond donors (Lipinski definition) is 0. The predicted octanol–water partition coefficient (Wildman–Crippen LogP) is -0.627. The van der Waals surface area contributed by atoms with Crippen molar-refractivity contribution < 1.29 is 161 Å². The third-order valence-corrected chi connectivity index (χ3v) is 13.1. The number of imide groups is 2. The van der Waals surface area contributed by atoms with E-state index in [4.69, 9.17) is 137 Å². The van der Waals surface area contributed by atoms with Gasteiger partial charge in [0.15, 0.2) is 0 Å². The van der Waals surface area contributed by atoms with E-state index in [0.717, 1.165) is 4.90 Å². The Morgan fingerprint density at radius 1 is 0.214 bits per heavy atom. The zero-order valence-electron chi connectivity index (χ0n) is 60.9. The number of hydrogen-bond acceptors (Lipinski definition) is 34. The SMILES string of the molecule is O=C(CCOCCOCCOCCOCCOCCOCCOCCOCCOCCOCCOCCOCCOCCOCCOCCOCCOCCOCCOCCOCCOCCOCCOCCOCCOCCOCCOCCOCCN1C(=O)C=CC1=O)ON1C(=O)CCC1=O. The normalized spacial score (nSPS) is 13.2. The molecule has 0 unspecified atom stereocenters. The van der Waals surface area contributed by atoms with Crippen LogP contribution in [0, 0.1) is 0 Å². The molecule has 2 heterocycles. The molecular weight excluding hydrogens is 1380 g/mol. The summed E-state index contributed by atoms with van der Waals surface area (Å²) in [7, 11) is 0. The van der Waals surface area contributed by atoms with E-state index in [9.17, 15) is 24.0 Å². The van der Waals surface area contributed by atoms with Gasteiger partial charge in [-0.3, -0.25) is 24.1 Å². The Labute approximate surface area is 607 Å². The fourth-order valence-corrected chi connectivity index (χ4v) is 7.81. The van der Waals surface area contributed by atoms with Crippen LogP contribution in [0.15, 0.2) is 12.2 Å². The average molecular weight is 1500 g/mol. The van der Waals surface area contributed by atoms with Crippen molar-refractivity contribution in [3.05, 3.63) is 12.2 Å². The molecule has 2 aliphatic rings. The van der Waals surface area contributed by atoms with E-state index in [1.54, 1.807) is 0 Å². The largest absolute Gasteiger partial charge is 0.378 e. The summed E-state index contributed by atoms with van der Waals surface area (Å²) in [6.07, 6.45) is 2.52. The van der Waals surface area contributed by atoms with Crippen molar-refractivity contribution in [2.75, 3.05) is 377 Å². The lowest BCUT2D eigenvalue weighted by atomic mass is 10.4. The second kappa shape index (κ2) is 79.4. The summed E-state index contributed by atoms with van der Waals surface area (Å²) in [6, 6.07) is 0. The van der Waals surface area contributed by atoms with Gasteiger partial charge in [-0.1, -0.05) is 0 Å². The summed E-state index contributed by atoms with van der Waals surface area (Å²) in [6.45, 7) is 24.9. The van der Waals surface area contributed by atoms with Crippen LogP contribution in [0.5, 0.6) is 0 Å². The number of rotatable bonds is 88. The number of ether oxygens (including phenoxy) is 28. The van der Waals surface area contributed by atoms with Crippen molar-refractivity contribution in [2.45, 2.75) is 19.3 Å². The van der Waals surface area contributed by atoms with Gasteiger partial charge in [-0.2, -0.15) is 0 Å². The van der Waals surface area contributed by atoms with Crippen molar-refractivity contribution in [3.8, 4) is 0 Å². The van der Waals surface area contributed by atoms with E-state index < -0.39 is 17.8 Å². The van der Waals surface area contributed by atoms with Crippen LogP contribution in [0.2, 0.25) is 0 Å². The summed E-state index contributed by atoms with van der Waals surface area (Å²) >= 11 is 0. The minimum Gasteiger partial charge on any atom is -0.378 e. The van der Waals surface area contributed by atoms with Crippen LogP contribution in [0.4, 0.5) is 0 Å². The molecule has 36 nitrogen and oxygen atoms in total. The molecule has 0 saturated carbocycles. The minimum atomic E-state index is -0.707. The highest BCUT2D eigenvalue weighted by atomic mass is 16.7. The van der Waals surface area contributed by atoms with Crippen LogP contribution in [0.1, 0.15) is 19.3 Å². The molecule has 0 aromatic carbocycles. The molecule has 0 radical (unpaired) electrons. The van der Waals surface area contributed by atoms with Crippen molar-refractivity contribution in [1.29, 1.82) is 0 Å². The van der Waals surface area contributed by atoms with E-state index in [1.807, 2.05) is 0 Å². The van der Waals surface area contributed by atoms with Crippen LogP contribution < -0.4 is 0 Å². The van der Waals surface area contributed by atoms with Crippen molar-refractivity contribution >= 4 is 29.6 Å². The third-order valence-electron chi connectivity index (χ3n) is 13.1. The summed E-state index contributed by atoms with van der Waals surface area (Å²) in [5, 5.41) is 0.516. The second-order valence-electron chi connectivity index (χ2n) is 21.1. The smallest absolute Gasteiger partial charge is 0.335 e. The Hall–Kier alpha value is -3.63. The molecule has 604 valence electrons. The number of carbonyl (C=O) groups excluding carboxylic acids is 5. The van der Waals surface area contributed by atoms with Gasteiger partial charge in [-0.25, -0.2) is 4.79 Å². The first-order chi connectivity index (χ1) is 51.0. The van der Waals surface area contributed by atoms with Crippen molar-refractivity contribution in [2.24, 2.45) is 0 Å². The number of nitrogens with zero attached hydrogens (tertiary/aromatic N) is 2. The van der Waals surface area contributed by atoms with E-state index in [1.165, 1.54) is 12.2 Å². The standard InChI is InChI=1S/C67H122N2O34/c70-63-1-2-64(71)68(63)6-8-76-10-12-78-14-16-80-18-20-82-22-24-84-26-28-86-30-32-88-34-36-90-38-40-92-42-44-94-46-48-96-50-52-98-54-56-100-58-60-102-62-61-101-59-57-99-55-53-97-51-49-95-47-45-93-43-41-91-39-37-89-35-33-87-31-29-85-27-25-83-23-21-81-19-17-79-15-13-77-11-9-75-7-5-67(74)103-69-65(72)3-4-66(69)73/h1-2H,3-62H2. The van der Waals surface area contributed by atoms with Gasteiger partial charge in [-0.05, 0) is 0 Å². The quantitative estimate of drug-likeness (QED) is 0.0540. The number of hydroxylamine groups is 2. The molecule has 0 N–H and O–H groups in total. The molecule has 103 heavy (non-hydrogen) atoms. The highest BCUT2D eigenvalue weighted by Gasteiger charge is 2.32. The molecule has 0 atom stereocenters. The van der Waals surface area contributed by atoms with Crippen LogP contribution in [0.3, 0.4) is 0 Å². The lowest BCUT2D eigenvalue weighted by Gasteiger charge is -2.13. The van der Waals surface area contributed by atoms with Gasteiger partial charge in [0.1, 0.15) is 0 Å². The fraction of sp³-hybridized carbons (Fsp3) is 0.896. The topological polar surface area (TPSA) is 359 Å². The van der Waals surface area contributed by atoms with Gasteiger partial charge >= 0.3 is 5.97 Å². The summed E-state index contributed by atoms with van der Waals surface area (Å²) in [5.74, 6) is -2.37. The molecule has 1 saturated heterocycles. The highest BCUT2D eigenvalue weighted by molar-refractivity contribution is 6.12. The Bertz CT molecular complexity index is 1880. The van der Waals surface area contributed by atoms with Crippen molar-refractivity contribution in [1.82, 2.24) is 9.96 Å². The molecule has 0 bridgehead atoms. The Kier molecular flexibility index (Phi) is 73.6. The fourth-order valence-electron chi connectivity index (χ4n) is 7.81. The lowest BCUT2D eigenvalue weighted by Crippen LogP contribution is -2.33. The predicted molar refractivity (Wildman–Crippen MR) is 361 cm³/mol. The third kappa shape index (κ3) is 68.6. The van der Waals surface area contributed by atoms with E-state index in [-0.39, 0.29) is 57.4 Å². The molecule has 2 aliphatic heterocycles. The first-order valence-electron chi connectivity index (χ1n) is 35.8. The molecule has 0 spiro atoms. The second-order valence-corrected chi connectivity index (χ2v) is 21.1. The molecule has 0 aromatic rings. The maximum absolute atomic E-state index is 11.7. The van der Waals surface area contributed by atoms with Gasteiger partial charge in [0.2, 0.25) is 0 Å². The minimum absolute atomic E-state index is 0.0500. The molecule has 0 aliphatic carbocycles. The Balaban J connectivity index is 1.08. The van der Waals surface area contributed by atoms with E-state index in [2.05, 4.69) is 0 Å². The van der Waals surface area contributed by atoms with E-state index >= 15 is 0 Å². The monoisotopic (exact) mass is 1500 g/mol. The maximum Gasteiger partial charge on any atom is 0.335 e. The zero-order chi connectivity index (χ0) is 73.4. The molecule has 4 amide bonds. The molecule has 36 heteroatoms. The van der Waals surface area contributed by atoms with Gasteiger partial charge < -0.3 is 137 Å². The Morgan fingerprint density at radius 3 is 0.505 bits per heavy atom. The van der Waals surface area contributed by atoms with Gasteiger partial charge in [0, 0.05) is 25.0 Å². The summed E-state index contributed by atoms with van der Waals surface area (Å²) in [4.78, 5) is 63.4. The van der Waals surface area contributed by atoms with Crippen LogP contribution >= 0.6 is 0 Å². The summed E-state index contributed by atoms with van der Waals surface area (Å²) in [5.41, 5.74) is 0. The lowest BCUT2D eigenvalue weighted by molar-refractivity contribution is -0.198. The molecular formula is C67H122N2O34. The Morgan fingerprint density at radius 2 is 0.350 bits per heavy atom. The first kappa shape index (κ1) is 95.4. The van der Waals surface area contributed by atoms with Gasteiger partial charge in [0.05, 0.1) is 383 Å². The van der Waals surface area contributed by atoms with Gasteiger partial charge in [0.25, 0.3) is 23.6 Å². The van der Waals surface area contributed by atoms with Crippen LogP contribution in [-0.2, 0) is 161 Å². The summed E-state index contributed by atoms with van der Waals surface area (Å²) < 4.78 is 154. The van der Waals surface area contributed by atoms with Crippen molar-refractivity contribution in [3.63, 3.8) is 0 Å². The average Bonchev–Trinajstić information content (AvgIpc) is 1.75. The number of carbonyl (C=O) groups is 5. The number of amides is 4. The molecule has 2 rings (SSSR count). The molecule has 1 fully saturated rings. The van der Waals surface area contributed by atoms with E-state index in [0.29, 0.717) is 355 Å². The van der Waals surface area contributed by atoms with Gasteiger partial charge in [-0.15, -0.1) is 5.06 Å². The van der Waals surface area contributed by atoms with Crippen LogP contribution in [-0.4, -0.2) is 416 Å². The zero-order valence-corrected chi connectivity index (χ0v) is 60.9. The first-order valence-corrected chi connectivity index (χ1v) is 35.8. The maximum atomic E-state index is 11.7.